The molecule has 4 heteroatoms. The first-order valence-corrected chi connectivity index (χ1v) is 5.48. The lowest BCUT2D eigenvalue weighted by Crippen LogP contribution is -1.98. The predicted octanol–water partition coefficient (Wildman–Crippen LogP) is 1.85. The molecule has 0 aliphatic heterocycles. The summed E-state index contributed by atoms with van der Waals surface area (Å²) in [6.45, 7) is 0. The van der Waals surface area contributed by atoms with Crippen LogP contribution >= 0.6 is 0 Å². The van der Waals surface area contributed by atoms with E-state index in [0.717, 1.165) is 24.2 Å². The molecule has 0 amide bonds. The van der Waals surface area contributed by atoms with Crippen molar-refractivity contribution < 1.29 is 4.74 Å². The van der Waals surface area contributed by atoms with Gasteiger partial charge in [-0.05, 0) is 30.2 Å². The summed E-state index contributed by atoms with van der Waals surface area (Å²) in [5.74, 6) is 1.56. The SMILES string of the molecule is COc1ccc(CCc2ncccn2)cc1N. The monoisotopic (exact) mass is 229 g/mol. The Kier molecular flexibility index (Phi) is 3.55. The van der Waals surface area contributed by atoms with E-state index in [0.29, 0.717) is 11.4 Å². The van der Waals surface area contributed by atoms with Crippen molar-refractivity contribution in [1.82, 2.24) is 9.97 Å². The minimum Gasteiger partial charge on any atom is -0.495 e. The second-order valence-electron chi connectivity index (χ2n) is 3.74. The van der Waals surface area contributed by atoms with E-state index in [1.807, 2.05) is 24.3 Å². The largest absolute Gasteiger partial charge is 0.495 e. The lowest BCUT2D eigenvalue weighted by atomic mass is 10.1. The van der Waals surface area contributed by atoms with Crippen LogP contribution in [0, 0.1) is 0 Å². The van der Waals surface area contributed by atoms with Crippen molar-refractivity contribution in [2.45, 2.75) is 12.8 Å². The van der Waals surface area contributed by atoms with Gasteiger partial charge in [-0.3, -0.25) is 0 Å². The fourth-order valence-corrected chi connectivity index (χ4v) is 1.65. The van der Waals surface area contributed by atoms with Crippen LogP contribution in [-0.2, 0) is 12.8 Å². The van der Waals surface area contributed by atoms with E-state index in [2.05, 4.69) is 9.97 Å². The van der Waals surface area contributed by atoms with E-state index in [9.17, 15) is 0 Å². The molecule has 4 nitrogen and oxygen atoms in total. The maximum atomic E-state index is 5.84. The normalized spacial score (nSPS) is 10.2. The van der Waals surface area contributed by atoms with Crippen LogP contribution < -0.4 is 10.5 Å². The van der Waals surface area contributed by atoms with Gasteiger partial charge in [-0.25, -0.2) is 9.97 Å². The van der Waals surface area contributed by atoms with Gasteiger partial charge >= 0.3 is 0 Å². The van der Waals surface area contributed by atoms with Gasteiger partial charge in [0.15, 0.2) is 0 Å². The molecule has 2 N–H and O–H groups in total. The number of hydrogen-bond acceptors (Lipinski definition) is 4. The molecule has 0 fully saturated rings. The Hall–Kier alpha value is -2.10. The second kappa shape index (κ2) is 5.30. The lowest BCUT2D eigenvalue weighted by Gasteiger charge is -2.06. The highest BCUT2D eigenvalue weighted by Gasteiger charge is 2.02. The van der Waals surface area contributed by atoms with Crippen molar-refractivity contribution in [3.8, 4) is 5.75 Å². The van der Waals surface area contributed by atoms with Crippen molar-refractivity contribution in [2.75, 3.05) is 12.8 Å². The molecule has 0 aliphatic rings. The first kappa shape index (κ1) is 11.4. The van der Waals surface area contributed by atoms with Gasteiger partial charge in [0.1, 0.15) is 11.6 Å². The second-order valence-corrected chi connectivity index (χ2v) is 3.74. The molecule has 1 aromatic heterocycles. The van der Waals surface area contributed by atoms with Crippen molar-refractivity contribution >= 4 is 5.69 Å². The number of nitrogens with two attached hydrogens (primary N) is 1. The summed E-state index contributed by atoms with van der Waals surface area (Å²) in [6, 6.07) is 7.64. The van der Waals surface area contributed by atoms with Crippen molar-refractivity contribution in [1.29, 1.82) is 0 Å². The summed E-state index contributed by atoms with van der Waals surface area (Å²) in [4.78, 5) is 8.37. The summed E-state index contributed by atoms with van der Waals surface area (Å²) in [7, 11) is 1.61. The zero-order valence-corrected chi connectivity index (χ0v) is 9.76. The molecule has 0 radical (unpaired) electrons. The smallest absolute Gasteiger partial charge is 0.141 e. The summed E-state index contributed by atoms with van der Waals surface area (Å²) in [6.07, 6.45) is 5.19. The van der Waals surface area contributed by atoms with Crippen molar-refractivity contribution in [3.63, 3.8) is 0 Å². The topological polar surface area (TPSA) is 61.0 Å². The van der Waals surface area contributed by atoms with Crippen LogP contribution in [0.25, 0.3) is 0 Å². The molecule has 1 aromatic carbocycles. The zero-order chi connectivity index (χ0) is 12.1. The van der Waals surface area contributed by atoms with Crippen LogP contribution in [0.2, 0.25) is 0 Å². The van der Waals surface area contributed by atoms with Gasteiger partial charge < -0.3 is 10.5 Å². The first-order valence-electron chi connectivity index (χ1n) is 5.48. The predicted molar refractivity (Wildman–Crippen MR) is 66.8 cm³/mol. The average molecular weight is 229 g/mol. The molecular formula is C13H15N3O. The van der Waals surface area contributed by atoms with Gasteiger partial charge in [0, 0.05) is 18.8 Å². The molecule has 0 bridgehead atoms. The molecule has 0 spiro atoms. The minimum atomic E-state index is 0.666. The quantitative estimate of drug-likeness (QED) is 0.813. The van der Waals surface area contributed by atoms with Crippen molar-refractivity contribution in [3.05, 3.63) is 48.0 Å². The number of ether oxygens (including phenoxy) is 1. The Balaban J connectivity index is 2.02. The molecule has 2 aromatic rings. The first-order chi connectivity index (χ1) is 8.29. The van der Waals surface area contributed by atoms with Crippen LogP contribution in [0.1, 0.15) is 11.4 Å². The maximum absolute atomic E-state index is 5.84. The third-order valence-corrected chi connectivity index (χ3v) is 2.55. The Bertz CT molecular complexity index is 485. The number of anilines is 1. The van der Waals surface area contributed by atoms with Gasteiger partial charge in [0.25, 0.3) is 0 Å². The molecule has 0 atom stereocenters. The van der Waals surface area contributed by atoms with Crippen LogP contribution in [-0.4, -0.2) is 17.1 Å². The molecule has 0 saturated heterocycles. The van der Waals surface area contributed by atoms with E-state index in [1.165, 1.54) is 0 Å². The van der Waals surface area contributed by atoms with E-state index >= 15 is 0 Å². The number of nitrogen functional groups attached to an aromatic ring is 1. The summed E-state index contributed by atoms with van der Waals surface area (Å²) in [5.41, 5.74) is 7.67. The fourth-order valence-electron chi connectivity index (χ4n) is 1.65. The zero-order valence-electron chi connectivity index (χ0n) is 9.76. The average Bonchev–Trinajstić information content (AvgIpc) is 2.38. The fraction of sp³-hybridized carbons (Fsp3) is 0.231. The standard InChI is InChI=1S/C13H15N3O/c1-17-12-5-3-10(9-11(12)14)4-6-13-15-7-2-8-16-13/h2-3,5,7-9H,4,6,14H2,1H3. The number of methoxy groups -OCH3 is 1. The van der Waals surface area contributed by atoms with Gasteiger partial charge in [-0.1, -0.05) is 6.07 Å². The molecule has 0 unspecified atom stereocenters. The van der Waals surface area contributed by atoms with E-state index in [4.69, 9.17) is 10.5 Å². The lowest BCUT2D eigenvalue weighted by molar-refractivity contribution is 0.417. The summed E-state index contributed by atoms with van der Waals surface area (Å²) in [5, 5.41) is 0. The van der Waals surface area contributed by atoms with Gasteiger partial charge in [0.05, 0.1) is 12.8 Å². The van der Waals surface area contributed by atoms with E-state index < -0.39 is 0 Å². The minimum absolute atomic E-state index is 0.666. The van der Waals surface area contributed by atoms with Crippen LogP contribution in [0.5, 0.6) is 5.75 Å². The number of hydrogen-bond donors (Lipinski definition) is 1. The highest BCUT2D eigenvalue weighted by molar-refractivity contribution is 5.54. The van der Waals surface area contributed by atoms with Crippen LogP contribution in [0.3, 0.4) is 0 Å². The number of aryl methyl sites for hydroxylation is 2. The molecule has 0 saturated carbocycles. The Morgan fingerprint density at radius 3 is 2.59 bits per heavy atom. The Morgan fingerprint density at radius 1 is 1.18 bits per heavy atom. The van der Waals surface area contributed by atoms with E-state index in [1.54, 1.807) is 19.5 Å². The molecular weight excluding hydrogens is 214 g/mol. The Labute approximate surface area is 100 Å². The maximum Gasteiger partial charge on any atom is 0.141 e. The molecule has 17 heavy (non-hydrogen) atoms. The van der Waals surface area contributed by atoms with E-state index in [-0.39, 0.29) is 0 Å². The highest BCUT2D eigenvalue weighted by atomic mass is 16.5. The third kappa shape index (κ3) is 2.93. The van der Waals surface area contributed by atoms with Gasteiger partial charge in [-0.2, -0.15) is 0 Å². The molecule has 1 heterocycles. The Morgan fingerprint density at radius 2 is 1.94 bits per heavy atom. The summed E-state index contributed by atoms with van der Waals surface area (Å²) >= 11 is 0. The number of benzene rings is 1. The number of rotatable bonds is 4. The molecule has 0 aliphatic carbocycles. The summed E-state index contributed by atoms with van der Waals surface area (Å²) < 4.78 is 5.11. The van der Waals surface area contributed by atoms with Gasteiger partial charge in [-0.15, -0.1) is 0 Å². The number of aromatic nitrogens is 2. The van der Waals surface area contributed by atoms with Crippen LogP contribution in [0.15, 0.2) is 36.7 Å². The van der Waals surface area contributed by atoms with Gasteiger partial charge in [0.2, 0.25) is 0 Å². The number of nitrogens with zero attached hydrogens (tertiary/aromatic N) is 2. The van der Waals surface area contributed by atoms with Crippen LogP contribution in [0.4, 0.5) is 5.69 Å². The third-order valence-electron chi connectivity index (χ3n) is 2.55. The molecule has 2 rings (SSSR count). The highest BCUT2D eigenvalue weighted by Crippen LogP contribution is 2.22. The molecule has 88 valence electrons. The van der Waals surface area contributed by atoms with Crippen molar-refractivity contribution in [2.24, 2.45) is 0 Å².